The summed E-state index contributed by atoms with van der Waals surface area (Å²) >= 11 is 18.0. The second-order valence-electron chi connectivity index (χ2n) is 4.51. The Balaban J connectivity index is 2.25. The molecule has 0 aliphatic carbocycles. The molecule has 0 bridgehead atoms. The van der Waals surface area contributed by atoms with E-state index in [4.69, 9.17) is 39.5 Å². The summed E-state index contributed by atoms with van der Waals surface area (Å²) in [5.41, 5.74) is 1.51. The van der Waals surface area contributed by atoms with E-state index in [1.165, 1.54) is 13.2 Å². The maximum atomic E-state index is 13.4. The summed E-state index contributed by atoms with van der Waals surface area (Å²) < 4.78 is 18.4. The van der Waals surface area contributed by atoms with Gasteiger partial charge in [-0.3, -0.25) is 0 Å². The predicted molar refractivity (Wildman–Crippen MR) is 86.5 cm³/mol. The summed E-state index contributed by atoms with van der Waals surface area (Å²) in [6.45, 7) is 1.92. The van der Waals surface area contributed by atoms with Crippen molar-refractivity contribution in [2.75, 3.05) is 12.4 Å². The zero-order valence-electron chi connectivity index (χ0n) is 11.4. The van der Waals surface area contributed by atoms with Crippen LogP contribution in [-0.2, 0) is 0 Å². The van der Waals surface area contributed by atoms with Gasteiger partial charge in [0.2, 0.25) is 0 Å². The summed E-state index contributed by atoms with van der Waals surface area (Å²) in [7, 11) is 1.43. The molecule has 0 spiro atoms. The Morgan fingerprint density at radius 3 is 2.38 bits per heavy atom. The van der Waals surface area contributed by atoms with E-state index in [-0.39, 0.29) is 11.8 Å². The molecule has 21 heavy (non-hydrogen) atoms. The molecule has 1 N–H and O–H groups in total. The van der Waals surface area contributed by atoms with Gasteiger partial charge < -0.3 is 10.1 Å². The van der Waals surface area contributed by atoms with Crippen molar-refractivity contribution < 1.29 is 9.13 Å². The molecule has 2 aromatic rings. The maximum absolute atomic E-state index is 13.4. The Hall–Kier alpha value is -1.16. The highest BCUT2D eigenvalue weighted by Gasteiger charge is 2.12. The number of rotatable bonds is 4. The third-order valence-corrected chi connectivity index (χ3v) is 4.09. The van der Waals surface area contributed by atoms with Crippen LogP contribution in [0.2, 0.25) is 15.1 Å². The van der Waals surface area contributed by atoms with Crippen LogP contribution >= 0.6 is 34.8 Å². The van der Waals surface area contributed by atoms with Crippen molar-refractivity contribution in [1.29, 1.82) is 0 Å². The van der Waals surface area contributed by atoms with Crippen LogP contribution in [0.4, 0.5) is 10.1 Å². The fraction of sp³-hybridized carbons (Fsp3) is 0.200. The Morgan fingerprint density at radius 1 is 1.05 bits per heavy atom. The van der Waals surface area contributed by atoms with Crippen LogP contribution in [0.1, 0.15) is 18.5 Å². The van der Waals surface area contributed by atoms with Crippen LogP contribution < -0.4 is 10.1 Å². The van der Waals surface area contributed by atoms with Gasteiger partial charge in [-0.2, -0.15) is 0 Å². The lowest BCUT2D eigenvalue weighted by Crippen LogP contribution is -2.07. The summed E-state index contributed by atoms with van der Waals surface area (Å²) in [5.74, 6) is -0.206. The van der Waals surface area contributed by atoms with Gasteiger partial charge in [0.15, 0.2) is 11.6 Å². The van der Waals surface area contributed by atoms with Gasteiger partial charge in [0.25, 0.3) is 0 Å². The average Bonchev–Trinajstić information content (AvgIpc) is 2.45. The third-order valence-electron chi connectivity index (χ3n) is 3.06. The summed E-state index contributed by atoms with van der Waals surface area (Å²) in [5, 5.41) is 4.48. The lowest BCUT2D eigenvalue weighted by Gasteiger charge is -2.18. The predicted octanol–water partition coefficient (Wildman–Crippen LogP) is 5.97. The maximum Gasteiger partial charge on any atom is 0.165 e. The number of halogens is 4. The number of anilines is 1. The second kappa shape index (κ2) is 6.73. The largest absolute Gasteiger partial charge is 0.494 e. The van der Waals surface area contributed by atoms with Crippen LogP contribution in [-0.4, -0.2) is 7.11 Å². The molecule has 0 saturated carbocycles. The van der Waals surface area contributed by atoms with Crippen LogP contribution in [0, 0.1) is 5.82 Å². The minimum atomic E-state index is -0.402. The van der Waals surface area contributed by atoms with Gasteiger partial charge in [-0.25, -0.2) is 4.39 Å². The zero-order chi connectivity index (χ0) is 15.6. The minimum absolute atomic E-state index is 0.116. The molecule has 1 unspecified atom stereocenters. The van der Waals surface area contributed by atoms with E-state index in [1.54, 1.807) is 24.3 Å². The fourth-order valence-corrected chi connectivity index (χ4v) is 2.50. The summed E-state index contributed by atoms with van der Waals surface area (Å²) in [6, 6.07) is 7.80. The average molecular weight is 349 g/mol. The molecule has 0 aliphatic heterocycles. The molecule has 0 heterocycles. The van der Waals surface area contributed by atoms with Crippen molar-refractivity contribution in [1.82, 2.24) is 0 Å². The zero-order valence-corrected chi connectivity index (χ0v) is 13.7. The molecule has 1 atom stereocenters. The normalized spacial score (nSPS) is 12.1. The Bertz CT molecular complexity index is 664. The minimum Gasteiger partial charge on any atom is -0.494 e. The van der Waals surface area contributed by atoms with E-state index in [0.29, 0.717) is 20.8 Å². The van der Waals surface area contributed by atoms with E-state index < -0.39 is 5.82 Å². The van der Waals surface area contributed by atoms with Gasteiger partial charge in [0.1, 0.15) is 0 Å². The number of methoxy groups -OCH3 is 1. The van der Waals surface area contributed by atoms with Crippen molar-refractivity contribution in [3.05, 3.63) is 56.8 Å². The molecule has 0 aromatic heterocycles. The Labute approximate surface area is 137 Å². The summed E-state index contributed by atoms with van der Waals surface area (Å²) in [4.78, 5) is 0. The third kappa shape index (κ3) is 3.73. The van der Waals surface area contributed by atoms with Gasteiger partial charge in [-0.05, 0) is 36.8 Å². The lowest BCUT2D eigenvalue weighted by molar-refractivity contribution is 0.385. The van der Waals surface area contributed by atoms with Gasteiger partial charge >= 0.3 is 0 Å². The first-order chi connectivity index (χ1) is 9.92. The number of ether oxygens (including phenoxy) is 1. The quantitative estimate of drug-likeness (QED) is 0.687. The van der Waals surface area contributed by atoms with Crippen molar-refractivity contribution >= 4 is 40.5 Å². The summed E-state index contributed by atoms with van der Waals surface area (Å²) in [6.07, 6.45) is 0. The number of hydrogen-bond donors (Lipinski definition) is 1. The Kier molecular flexibility index (Phi) is 5.20. The molecule has 0 aliphatic rings. The van der Waals surface area contributed by atoms with Gasteiger partial charge in [0.05, 0.1) is 27.9 Å². The molecular weight excluding hydrogens is 336 g/mol. The van der Waals surface area contributed by atoms with E-state index in [9.17, 15) is 4.39 Å². The van der Waals surface area contributed by atoms with Crippen molar-refractivity contribution in [2.24, 2.45) is 0 Å². The molecule has 0 radical (unpaired) electrons. The smallest absolute Gasteiger partial charge is 0.165 e. The monoisotopic (exact) mass is 347 g/mol. The first-order valence-corrected chi connectivity index (χ1v) is 7.30. The van der Waals surface area contributed by atoms with Crippen molar-refractivity contribution in [3.8, 4) is 5.75 Å². The first kappa shape index (κ1) is 16.2. The number of hydrogen-bond acceptors (Lipinski definition) is 2. The Morgan fingerprint density at radius 2 is 1.71 bits per heavy atom. The van der Waals surface area contributed by atoms with Gasteiger partial charge in [-0.1, -0.05) is 40.9 Å². The SMILES string of the molecule is COc1cc(C(C)Nc2cc(Cl)c(Cl)cc2Cl)ccc1F. The van der Waals surface area contributed by atoms with E-state index in [1.807, 2.05) is 6.92 Å². The van der Waals surface area contributed by atoms with Crippen molar-refractivity contribution in [2.45, 2.75) is 13.0 Å². The topological polar surface area (TPSA) is 21.3 Å². The van der Waals surface area contributed by atoms with Crippen LogP contribution in [0.25, 0.3) is 0 Å². The number of benzene rings is 2. The van der Waals surface area contributed by atoms with E-state index >= 15 is 0 Å². The molecule has 0 fully saturated rings. The number of nitrogens with one attached hydrogen (secondary N) is 1. The van der Waals surface area contributed by atoms with Crippen LogP contribution in [0.15, 0.2) is 30.3 Å². The first-order valence-electron chi connectivity index (χ1n) is 6.17. The molecule has 2 nitrogen and oxygen atoms in total. The fourth-order valence-electron chi connectivity index (χ4n) is 1.90. The lowest BCUT2D eigenvalue weighted by atomic mass is 10.1. The molecule has 2 rings (SSSR count). The van der Waals surface area contributed by atoms with Gasteiger partial charge in [0, 0.05) is 6.04 Å². The standard InChI is InChI=1S/C15H13Cl3FNO/c1-8(9-3-4-13(19)15(5-9)21-2)20-14-7-11(17)10(16)6-12(14)18/h3-8,20H,1-2H3. The van der Waals surface area contributed by atoms with E-state index in [0.717, 1.165) is 5.56 Å². The molecule has 0 saturated heterocycles. The molecular formula is C15H13Cl3FNO. The highest BCUT2D eigenvalue weighted by Crippen LogP contribution is 2.34. The highest BCUT2D eigenvalue weighted by molar-refractivity contribution is 6.44. The molecule has 112 valence electrons. The van der Waals surface area contributed by atoms with Crippen LogP contribution in [0.3, 0.4) is 0 Å². The second-order valence-corrected chi connectivity index (χ2v) is 5.73. The molecule has 6 heteroatoms. The van der Waals surface area contributed by atoms with Gasteiger partial charge in [-0.15, -0.1) is 0 Å². The highest BCUT2D eigenvalue weighted by atomic mass is 35.5. The van der Waals surface area contributed by atoms with Crippen molar-refractivity contribution in [3.63, 3.8) is 0 Å². The van der Waals surface area contributed by atoms with Crippen LogP contribution in [0.5, 0.6) is 5.75 Å². The van der Waals surface area contributed by atoms with E-state index in [2.05, 4.69) is 5.32 Å². The molecule has 0 amide bonds. The molecule has 2 aromatic carbocycles.